The summed E-state index contributed by atoms with van der Waals surface area (Å²) in [5.41, 5.74) is 1.93. The number of hydrogen-bond acceptors (Lipinski definition) is 6. The molecule has 8 heteroatoms. The number of nitrogens with zero attached hydrogens (tertiary/aromatic N) is 2. The van der Waals surface area contributed by atoms with Crippen LogP contribution in [-0.4, -0.2) is 59.7 Å². The number of benzene rings is 1. The van der Waals surface area contributed by atoms with E-state index in [2.05, 4.69) is 33.4 Å². The number of hydrogen-bond donors (Lipinski definition) is 0. The first-order valence-corrected chi connectivity index (χ1v) is 16.0. The molecule has 1 aromatic carbocycles. The molecule has 8 nitrogen and oxygen atoms in total. The van der Waals surface area contributed by atoms with Crippen molar-refractivity contribution in [2.45, 2.75) is 104 Å². The molecule has 1 aromatic rings. The van der Waals surface area contributed by atoms with Crippen molar-refractivity contribution >= 4 is 18.0 Å². The van der Waals surface area contributed by atoms with Crippen molar-refractivity contribution in [1.82, 2.24) is 9.80 Å². The average molecular weight is 593 g/mol. The molecule has 3 aliphatic heterocycles. The van der Waals surface area contributed by atoms with Crippen LogP contribution in [0.5, 0.6) is 5.75 Å². The summed E-state index contributed by atoms with van der Waals surface area (Å²) in [7, 11) is 0. The largest absolute Gasteiger partial charge is 0.489 e. The van der Waals surface area contributed by atoms with Gasteiger partial charge in [-0.15, -0.1) is 6.58 Å². The molecule has 4 aliphatic rings. The first-order chi connectivity index (χ1) is 20.6. The molecule has 0 aromatic heterocycles. The van der Waals surface area contributed by atoms with Gasteiger partial charge in [-0.05, 0) is 55.6 Å². The van der Waals surface area contributed by atoms with Crippen LogP contribution in [0.2, 0.25) is 0 Å². The lowest BCUT2D eigenvalue weighted by Crippen LogP contribution is -2.44. The van der Waals surface area contributed by atoms with Gasteiger partial charge in [-0.2, -0.15) is 0 Å². The Bertz CT molecular complexity index is 1230. The van der Waals surface area contributed by atoms with E-state index in [1.165, 1.54) is 0 Å². The molecule has 1 spiro atoms. The fourth-order valence-electron chi connectivity index (χ4n) is 6.67. The number of carbonyl (C=O) groups is 3. The molecule has 0 N–H and O–H groups in total. The van der Waals surface area contributed by atoms with E-state index in [1.54, 1.807) is 11.0 Å². The fourth-order valence-corrected chi connectivity index (χ4v) is 6.67. The lowest BCUT2D eigenvalue weighted by Gasteiger charge is -2.34. The van der Waals surface area contributed by atoms with E-state index in [-0.39, 0.29) is 40.8 Å². The lowest BCUT2D eigenvalue weighted by molar-refractivity contribution is -0.145. The first kappa shape index (κ1) is 31.1. The molecule has 234 valence electrons. The number of amides is 2. The fraction of sp³-hybridized carbons (Fsp3) is 0.629. The molecule has 1 saturated heterocycles. The molecule has 43 heavy (non-hydrogen) atoms. The number of carbonyl (C=O) groups excluding carboxylic acids is 3. The predicted octanol–water partition coefficient (Wildman–Crippen LogP) is 6.57. The Morgan fingerprint density at radius 3 is 2.58 bits per heavy atom. The van der Waals surface area contributed by atoms with Crippen LogP contribution in [0.15, 0.2) is 43.0 Å². The second-order valence-corrected chi connectivity index (χ2v) is 13.9. The zero-order valence-electron chi connectivity index (χ0n) is 26.1. The van der Waals surface area contributed by atoms with Gasteiger partial charge in [0.1, 0.15) is 18.5 Å². The van der Waals surface area contributed by atoms with E-state index in [9.17, 15) is 14.4 Å². The molecule has 0 radical (unpaired) electrons. The number of ether oxygens (including phenoxy) is 3. The third-order valence-electron chi connectivity index (χ3n) is 9.63. The second-order valence-electron chi connectivity index (χ2n) is 13.9. The SMILES string of the molecule is C=CC1CC2CN1C(=O)C(C(C)(C)C)CCCCC(=O)OCC1(CCC=CCOc3cccc4c3CN(C4)C(=O)O2)CC1. The van der Waals surface area contributed by atoms with Gasteiger partial charge in [0.05, 0.1) is 25.7 Å². The molecular formula is C35H48N2O6. The second kappa shape index (κ2) is 13.1. The summed E-state index contributed by atoms with van der Waals surface area (Å²) >= 11 is 0. The maximum Gasteiger partial charge on any atom is 0.410 e. The quantitative estimate of drug-likeness (QED) is 0.271. The van der Waals surface area contributed by atoms with Crippen LogP contribution in [0.4, 0.5) is 4.79 Å². The molecule has 3 unspecified atom stereocenters. The molecule has 4 bridgehead atoms. The highest BCUT2D eigenvalue weighted by Crippen LogP contribution is 2.50. The summed E-state index contributed by atoms with van der Waals surface area (Å²) < 4.78 is 17.8. The summed E-state index contributed by atoms with van der Waals surface area (Å²) in [5, 5.41) is 0. The normalized spacial score (nSPS) is 27.1. The van der Waals surface area contributed by atoms with Crippen LogP contribution in [0, 0.1) is 16.7 Å². The van der Waals surface area contributed by atoms with Crippen molar-refractivity contribution in [3.8, 4) is 5.75 Å². The Hall–Kier alpha value is -3.29. The zero-order valence-corrected chi connectivity index (χ0v) is 26.1. The smallest absolute Gasteiger partial charge is 0.410 e. The van der Waals surface area contributed by atoms with Crippen molar-refractivity contribution in [3.63, 3.8) is 0 Å². The summed E-state index contributed by atoms with van der Waals surface area (Å²) in [5.74, 6) is 0.475. The summed E-state index contributed by atoms with van der Waals surface area (Å²) in [6, 6.07) is 5.74. The molecule has 1 saturated carbocycles. The topological polar surface area (TPSA) is 85.4 Å². The Morgan fingerprint density at radius 1 is 1.02 bits per heavy atom. The monoisotopic (exact) mass is 592 g/mol. The van der Waals surface area contributed by atoms with Gasteiger partial charge in [-0.25, -0.2) is 4.79 Å². The van der Waals surface area contributed by atoms with Crippen LogP contribution in [0.25, 0.3) is 0 Å². The van der Waals surface area contributed by atoms with E-state index in [4.69, 9.17) is 14.2 Å². The van der Waals surface area contributed by atoms with E-state index >= 15 is 0 Å². The zero-order chi connectivity index (χ0) is 30.6. The predicted molar refractivity (Wildman–Crippen MR) is 164 cm³/mol. The molecule has 3 atom stereocenters. The van der Waals surface area contributed by atoms with E-state index < -0.39 is 6.10 Å². The van der Waals surface area contributed by atoms with Gasteiger partial charge in [-0.3, -0.25) is 14.5 Å². The van der Waals surface area contributed by atoms with Crippen LogP contribution in [0.3, 0.4) is 0 Å². The minimum absolute atomic E-state index is 0.0590. The number of allylic oxidation sites excluding steroid dienone is 1. The van der Waals surface area contributed by atoms with Crippen LogP contribution in [0.1, 0.15) is 89.7 Å². The number of rotatable bonds is 1. The molecule has 3 heterocycles. The molecule has 2 fully saturated rings. The van der Waals surface area contributed by atoms with Crippen LogP contribution < -0.4 is 4.74 Å². The maximum absolute atomic E-state index is 13.9. The third-order valence-corrected chi connectivity index (χ3v) is 9.63. The minimum atomic E-state index is -0.399. The third kappa shape index (κ3) is 7.63. The van der Waals surface area contributed by atoms with E-state index in [1.807, 2.05) is 29.2 Å². The maximum atomic E-state index is 13.9. The van der Waals surface area contributed by atoms with Gasteiger partial charge < -0.3 is 19.1 Å². The summed E-state index contributed by atoms with van der Waals surface area (Å²) in [6.07, 6.45) is 12.3. The average Bonchev–Trinajstić information content (AvgIpc) is 3.39. The molecule has 1 aliphatic carbocycles. The van der Waals surface area contributed by atoms with E-state index in [0.29, 0.717) is 58.5 Å². The van der Waals surface area contributed by atoms with Crippen molar-refractivity contribution < 1.29 is 28.6 Å². The Morgan fingerprint density at radius 2 is 1.84 bits per heavy atom. The molecule has 5 rings (SSSR count). The van der Waals surface area contributed by atoms with Gasteiger partial charge >= 0.3 is 12.1 Å². The standard InChI is InChI=1S/C35H48N2O6/c1-5-26-20-27-22-37(26)32(39)29(34(2,3)4)13-7-8-15-31(38)42-24-35(17-18-35)16-9-6-10-19-41-30-14-11-12-25-21-36(23-28(25)30)33(40)43-27/h5-6,10-12,14,26-27,29H,1,7-9,13,15-24H2,2-4H3. The van der Waals surface area contributed by atoms with Crippen molar-refractivity contribution in [2.75, 3.05) is 19.8 Å². The minimum Gasteiger partial charge on any atom is -0.489 e. The van der Waals surface area contributed by atoms with Gasteiger partial charge in [0.2, 0.25) is 5.91 Å². The van der Waals surface area contributed by atoms with Gasteiger partial charge in [-0.1, -0.05) is 57.6 Å². The molecular weight excluding hydrogens is 544 g/mol. The summed E-state index contributed by atoms with van der Waals surface area (Å²) in [4.78, 5) is 43.3. The Balaban J connectivity index is 1.30. The number of fused-ring (bicyclic) bond motifs is 3. The highest BCUT2D eigenvalue weighted by molar-refractivity contribution is 5.80. The highest BCUT2D eigenvalue weighted by Gasteiger charge is 2.44. The number of cyclic esters (lactones) is 1. The van der Waals surface area contributed by atoms with Crippen molar-refractivity contribution in [1.29, 1.82) is 0 Å². The Labute approximate surface area is 256 Å². The van der Waals surface area contributed by atoms with Crippen molar-refractivity contribution in [3.05, 3.63) is 54.1 Å². The lowest BCUT2D eigenvalue weighted by atomic mass is 9.76. The van der Waals surface area contributed by atoms with Gasteiger partial charge in [0.15, 0.2) is 0 Å². The summed E-state index contributed by atoms with van der Waals surface area (Å²) in [6.45, 7) is 12.4. The Kier molecular flexibility index (Phi) is 9.52. The molecule has 2 amide bonds. The van der Waals surface area contributed by atoms with Crippen LogP contribution in [-0.2, 0) is 32.2 Å². The van der Waals surface area contributed by atoms with Crippen molar-refractivity contribution in [2.24, 2.45) is 16.7 Å². The van der Waals surface area contributed by atoms with E-state index in [0.717, 1.165) is 49.0 Å². The van der Waals surface area contributed by atoms with Gasteiger partial charge in [0.25, 0.3) is 0 Å². The number of esters is 1. The highest BCUT2D eigenvalue weighted by atomic mass is 16.6. The first-order valence-electron chi connectivity index (χ1n) is 16.0. The van der Waals surface area contributed by atoms with Crippen LogP contribution >= 0.6 is 0 Å². The van der Waals surface area contributed by atoms with Gasteiger partial charge in [0, 0.05) is 36.3 Å².